The van der Waals surface area contributed by atoms with Crippen LogP contribution in [0.15, 0.2) is 16.6 Å². The van der Waals surface area contributed by atoms with Gasteiger partial charge in [0.1, 0.15) is 0 Å². The second kappa shape index (κ2) is 4.05. The second-order valence-corrected chi connectivity index (χ2v) is 5.25. The van der Waals surface area contributed by atoms with E-state index in [1.54, 1.807) is 0 Å². The SMILES string of the molecule is Cc1cc(Br)c2c(c1)NC(C)CCN2C. The summed E-state index contributed by atoms with van der Waals surface area (Å²) in [6, 6.07) is 4.94. The lowest BCUT2D eigenvalue weighted by Gasteiger charge is -2.20. The van der Waals surface area contributed by atoms with E-state index in [0.29, 0.717) is 6.04 Å². The van der Waals surface area contributed by atoms with Crippen molar-refractivity contribution >= 4 is 27.3 Å². The van der Waals surface area contributed by atoms with E-state index in [4.69, 9.17) is 0 Å². The van der Waals surface area contributed by atoms with Crippen LogP contribution in [-0.2, 0) is 0 Å². The highest BCUT2D eigenvalue weighted by Crippen LogP contribution is 2.37. The number of rotatable bonds is 0. The van der Waals surface area contributed by atoms with Gasteiger partial charge in [-0.1, -0.05) is 0 Å². The number of hydrogen-bond donors (Lipinski definition) is 1. The first-order valence-corrected chi connectivity index (χ1v) is 6.15. The first kappa shape index (κ1) is 10.8. The fourth-order valence-electron chi connectivity index (χ4n) is 2.07. The molecule has 1 aliphatic rings. The highest BCUT2D eigenvalue weighted by molar-refractivity contribution is 9.10. The first-order valence-electron chi connectivity index (χ1n) is 5.36. The number of hydrogen-bond acceptors (Lipinski definition) is 2. The summed E-state index contributed by atoms with van der Waals surface area (Å²) in [7, 11) is 2.15. The minimum Gasteiger partial charge on any atom is -0.381 e. The highest BCUT2D eigenvalue weighted by Gasteiger charge is 2.18. The minimum atomic E-state index is 0.544. The molecule has 0 saturated carbocycles. The second-order valence-electron chi connectivity index (χ2n) is 4.40. The molecule has 0 fully saturated rings. The Hall–Kier alpha value is -0.700. The molecule has 15 heavy (non-hydrogen) atoms. The molecule has 2 nitrogen and oxygen atoms in total. The number of halogens is 1. The van der Waals surface area contributed by atoms with Gasteiger partial charge in [0.2, 0.25) is 0 Å². The molecule has 1 aliphatic heterocycles. The maximum atomic E-state index is 3.65. The molecule has 1 aromatic rings. The van der Waals surface area contributed by atoms with Gasteiger partial charge in [-0.15, -0.1) is 0 Å². The molecule has 82 valence electrons. The van der Waals surface area contributed by atoms with E-state index in [0.717, 1.165) is 6.54 Å². The zero-order chi connectivity index (χ0) is 11.0. The summed E-state index contributed by atoms with van der Waals surface area (Å²) in [6.07, 6.45) is 1.18. The fraction of sp³-hybridized carbons (Fsp3) is 0.500. The molecule has 1 heterocycles. The fourth-order valence-corrected chi connectivity index (χ4v) is 2.95. The summed E-state index contributed by atoms with van der Waals surface area (Å²) >= 11 is 3.65. The summed E-state index contributed by atoms with van der Waals surface area (Å²) in [5.74, 6) is 0. The van der Waals surface area contributed by atoms with Crippen molar-refractivity contribution in [3.63, 3.8) is 0 Å². The van der Waals surface area contributed by atoms with Crippen LogP contribution in [0.2, 0.25) is 0 Å². The van der Waals surface area contributed by atoms with Crippen molar-refractivity contribution in [1.29, 1.82) is 0 Å². The largest absolute Gasteiger partial charge is 0.381 e. The molecule has 0 bridgehead atoms. The van der Waals surface area contributed by atoms with Gasteiger partial charge in [-0.05, 0) is 53.9 Å². The average Bonchev–Trinajstić information content (AvgIpc) is 2.25. The van der Waals surface area contributed by atoms with E-state index in [-0.39, 0.29) is 0 Å². The molecule has 0 amide bonds. The van der Waals surface area contributed by atoms with E-state index in [9.17, 15) is 0 Å². The zero-order valence-corrected chi connectivity index (χ0v) is 11.1. The van der Waals surface area contributed by atoms with Gasteiger partial charge in [0.15, 0.2) is 0 Å². The number of anilines is 2. The van der Waals surface area contributed by atoms with Crippen molar-refractivity contribution in [3.05, 3.63) is 22.2 Å². The van der Waals surface area contributed by atoms with E-state index in [2.05, 4.69) is 59.2 Å². The maximum absolute atomic E-state index is 3.65. The van der Waals surface area contributed by atoms with Crippen LogP contribution >= 0.6 is 15.9 Å². The summed E-state index contributed by atoms with van der Waals surface area (Å²) < 4.78 is 1.18. The van der Waals surface area contributed by atoms with Crippen molar-refractivity contribution in [1.82, 2.24) is 0 Å². The lowest BCUT2D eigenvalue weighted by Crippen LogP contribution is -2.20. The Morgan fingerprint density at radius 1 is 1.47 bits per heavy atom. The van der Waals surface area contributed by atoms with Crippen molar-refractivity contribution < 1.29 is 0 Å². The third-order valence-electron chi connectivity index (χ3n) is 2.89. The van der Waals surface area contributed by atoms with E-state index >= 15 is 0 Å². The van der Waals surface area contributed by atoms with E-state index in [1.807, 2.05) is 0 Å². The van der Waals surface area contributed by atoms with Crippen LogP contribution in [0.25, 0.3) is 0 Å². The van der Waals surface area contributed by atoms with Gasteiger partial charge in [0.05, 0.1) is 11.4 Å². The van der Waals surface area contributed by atoms with Crippen LogP contribution in [0.3, 0.4) is 0 Å². The van der Waals surface area contributed by atoms with Gasteiger partial charge in [0, 0.05) is 24.1 Å². The van der Waals surface area contributed by atoms with Crippen molar-refractivity contribution in [2.75, 3.05) is 23.8 Å². The molecule has 3 heteroatoms. The summed E-state index contributed by atoms with van der Waals surface area (Å²) in [6.45, 7) is 5.46. The standard InChI is InChI=1S/C12H17BrN2/c1-8-6-10(13)12-11(7-8)14-9(2)4-5-15(12)3/h6-7,9,14H,4-5H2,1-3H3. The zero-order valence-electron chi connectivity index (χ0n) is 9.47. The van der Waals surface area contributed by atoms with Crippen LogP contribution < -0.4 is 10.2 Å². The normalized spacial score (nSPS) is 20.5. The molecule has 0 spiro atoms. The Labute approximate surface area is 99.8 Å². The topological polar surface area (TPSA) is 15.3 Å². The summed E-state index contributed by atoms with van der Waals surface area (Å²) in [5, 5.41) is 3.56. The highest BCUT2D eigenvalue weighted by atomic mass is 79.9. The molecule has 0 aliphatic carbocycles. The van der Waals surface area contributed by atoms with Gasteiger partial charge in [0.25, 0.3) is 0 Å². The van der Waals surface area contributed by atoms with Gasteiger partial charge >= 0.3 is 0 Å². The van der Waals surface area contributed by atoms with Crippen molar-refractivity contribution in [2.45, 2.75) is 26.3 Å². The van der Waals surface area contributed by atoms with Crippen molar-refractivity contribution in [2.24, 2.45) is 0 Å². The average molecular weight is 269 g/mol. The number of benzene rings is 1. The van der Waals surface area contributed by atoms with Gasteiger partial charge in [-0.2, -0.15) is 0 Å². The monoisotopic (exact) mass is 268 g/mol. The Morgan fingerprint density at radius 3 is 2.93 bits per heavy atom. The molecule has 1 atom stereocenters. The van der Waals surface area contributed by atoms with E-state index < -0.39 is 0 Å². The Bertz CT molecular complexity index is 376. The third-order valence-corrected chi connectivity index (χ3v) is 3.49. The molecule has 0 aromatic heterocycles. The molecule has 2 rings (SSSR count). The lowest BCUT2D eigenvalue weighted by atomic mass is 10.2. The van der Waals surface area contributed by atoms with Crippen LogP contribution in [0.5, 0.6) is 0 Å². The smallest absolute Gasteiger partial charge is 0.0743 e. The maximum Gasteiger partial charge on any atom is 0.0743 e. The Balaban J connectivity index is 2.52. The molecular weight excluding hydrogens is 252 g/mol. The molecule has 1 N–H and O–H groups in total. The molecule has 1 unspecified atom stereocenters. The van der Waals surface area contributed by atoms with Gasteiger partial charge in [-0.3, -0.25) is 0 Å². The Morgan fingerprint density at radius 2 is 2.20 bits per heavy atom. The molecule has 1 aromatic carbocycles. The van der Waals surface area contributed by atoms with Crippen LogP contribution in [0, 0.1) is 6.92 Å². The van der Waals surface area contributed by atoms with Crippen LogP contribution in [0.1, 0.15) is 18.9 Å². The van der Waals surface area contributed by atoms with Crippen LogP contribution in [-0.4, -0.2) is 19.6 Å². The quantitative estimate of drug-likeness (QED) is 0.776. The molecular formula is C12H17BrN2. The number of aryl methyl sites for hydroxylation is 1. The van der Waals surface area contributed by atoms with Crippen LogP contribution in [0.4, 0.5) is 11.4 Å². The number of nitrogens with one attached hydrogen (secondary N) is 1. The van der Waals surface area contributed by atoms with Crippen molar-refractivity contribution in [3.8, 4) is 0 Å². The molecule has 0 saturated heterocycles. The third kappa shape index (κ3) is 2.12. The van der Waals surface area contributed by atoms with Gasteiger partial charge < -0.3 is 10.2 Å². The number of nitrogens with zero attached hydrogens (tertiary/aromatic N) is 1. The summed E-state index contributed by atoms with van der Waals surface area (Å²) in [5.41, 5.74) is 3.81. The lowest BCUT2D eigenvalue weighted by molar-refractivity contribution is 0.711. The Kier molecular flexibility index (Phi) is 2.91. The van der Waals surface area contributed by atoms with E-state index in [1.165, 1.54) is 27.8 Å². The van der Waals surface area contributed by atoms with Gasteiger partial charge in [-0.25, -0.2) is 0 Å². The summed E-state index contributed by atoms with van der Waals surface area (Å²) in [4.78, 5) is 2.31. The first-order chi connectivity index (χ1) is 7.08. The number of fused-ring (bicyclic) bond motifs is 1. The predicted molar refractivity (Wildman–Crippen MR) is 69.9 cm³/mol. The predicted octanol–water partition coefficient (Wildman–Crippen LogP) is 3.40. The molecule has 0 radical (unpaired) electrons. The minimum absolute atomic E-state index is 0.544.